The van der Waals surface area contributed by atoms with Crippen LogP contribution in [0, 0.1) is 5.82 Å². The molecule has 1 saturated heterocycles. The van der Waals surface area contributed by atoms with E-state index in [4.69, 9.17) is 0 Å². The molecule has 0 saturated carbocycles. The maximum Gasteiger partial charge on any atom is 0.256 e. The highest BCUT2D eigenvalue weighted by Crippen LogP contribution is 2.20. The minimum absolute atomic E-state index is 0.139. The number of hydrogen-bond donors (Lipinski definition) is 2. The lowest BCUT2D eigenvalue weighted by molar-refractivity contribution is 0.0918. The monoisotopic (exact) mass is 396 g/mol. The minimum Gasteiger partial charge on any atom is -0.363 e. The van der Waals surface area contributed by atoms with Gasteiger partial charge in [-0.3, -0.25) is 4.79 Å². The highest BCUT2D eigenvalue weighted by molar-refractivity contribution is 5.99. The Balaban J connectivity index is 1.50. The summed E-state index contributed by atoms with van der Waals surface area (Å²) in [7, 11) is 2.09. The molecule has 8 heteroatoms. The number of carbonyl (C=O) groups excluding carboxylic acids is 1. The van der Waals surface area contributed by atoms with Crippen molar-refractivity contribution in [1.82, 2.24) is 24.8 Å². The number of aromatic nitrogens is 3. The molecule has 0 radical (unpaired) electrons. The lowest BCUT2D eigenvalue weighted by Crippen LogP contribution is -2.43. The molecule has 1 aliphatic heterocycles. The Hall–Kier alpha value is -3.00. The van der Waals surface area contributed by atoms with Gasteiger partial charge in [0.25, 0.3) is 5.91 Å². The first-order valence-electron chi connectivity index (χ1n) is 9.85. The van der Waals surface area contributed by atoms with Gasteiger partial charge in [-0.15, -0.1) is 0 Å². The topological polar surface area (TPSA) is 74.6 Å². The fraction of sp³-hybridized carbons (Fsp3) is 0.381. The fourth-order valence-electron chi connectivity index (χ4n) is 3.61. The summed E-state index contributed by atoms with van der Waals surface area (Å²) in [4.78, 5) is 19.6. The van der Waals surface area contributed by atoms with Crippen molar-refractivity contribution in [2.24, 2.45) is 0 Å². The molecular formula is C21H25FN6O. The first kappa shape index (κ1) is 19.3. The second kappa shape index (κ2) is 8.16. The van der Waals surface area contributed by atoms with Gasteiger partial charge in [-0.2, -0.15) is 5.10 Å². The molecule has 0 aliphatic carbocycles. The Morgan fingerprint density at radius 3 is 2.83 bits per heavy atom. The first-order chi connectivity index (χ1) is 14.0. The summed E-state index contributed by atoms with van der Waals surface area (Å²) in [5.74, 6) is 0.170. The number of carbonyl (C=O) groups is 1. The van der Waals surface area contributed by atoms with Crippen LogP contribution < -0.4 is 10.6 Å². The van der Waals surface area contributed by atoms with E-state index in [1.807, 2.05) is 13.0 Å². The normalized spacial score (nSPS) is 16.7. The minimum atomic E-state index is -0.275. The molecule has 1 aliphatic rings. The molecule has 7 nitrogen and oxygen atoms in total. The Bertz CT molecular complexity index is 1010. The number of rotatable bonds is 5. The average molecular weight is 396 g/mol. The summed E-state index contributed by atoms with van der Waals surface area (Å²) in [6.45, 7) is 3.89. The number of amides is 1. The molecule has 0 spiro atoms. The van der Waals surface area contributed by atoms with Gasteiger partial charge in [-0.1, -0.05) is 12.1 Å². The van der Waals surface area contributed by atoms with E-state index in [1.165, 1.54) is 12.1 Å². The number of halogens is 1. The SMILES string of the molecule is CC(Nc1ccn2ncc(C(=O)NC3CCN(C)CC3)c2n1)c1cccc(F)c1. The van der Waals surface area contributed by atoms with Crippen molar-refractivity contribution in [2.75, 3.05) is 25.5 Å². The van der Waals surface area contributed by atoms with E-state index in [-0.39, 0.29) is 23.8 Å². The van der Waals surface area contributed by atoms with Crippen molar-refractivity contribution in [3.05, 3.63) is 59.7 Å². The second-order valence-electron chi connectivity index (χ2n) is 7.61. The van der Waals surface area contributed by atoms with Crippen LogP contribution in [-0.2, 0) is 0 Å². The van der Waals surface area contributed by atoms with Gasteiger partial charge in [0.1, 0.15) is 17.2 Å². The van der Waals surface area contributed by atoms with Gasteiger partial charge in [0.05, 0.1) is 12.2 Å². The van der Waals surface area contributed by atoms with E-state index in [2.05, 4.69) is 32.7 Å². The molecule has 1 atom stereocenters. The van der Waals surface area contributed by atoms with Gasteiger partial charge in [0.2, 0.25) is 0 Å². The van der Waals surface area contributed by atoms with E-state index in [0.29, 0.717) is 17.0 Å². The second-order valence-corrected chi connectivity index (χ2v) is 7.61. The van der Waals surface area contributed by atoms with Crippen LogP contribution in [0.4, 0.5) is 10.2 Å². The number of benzene rings is 1. The van der Waals surface area contributed by atoms with Gasteiger partial charge in [-0.05, 0) is 63.7 Å². The van der Waals surface area contributed by atoms with Crippen LogP contribution >= 0.6 is 0 Å². The van der Waals surface area contributed by atoms with Crippen molar-refractivity contribution >= 4 is 17.4 Å². The van der Waals surface area contributed by atoms with Gasteiger partial charge >= 0.3 is 0 Å². The molecule has 1 fully saturated rings. The van der Waals surface area contributed by atoms with Gasteiger partial charge in [0, 0.05) is 12.2 Å². The highest BCUT2D eigenvalue weighted by atomic mass is 19.1. The van der Waals surface area contributed by atoms with Crippen molar-refractivity contribution in [1.29, 1.82) is 0 Å². The highest BCUT2D eigenvalue weighted by Gasteiger charge is 2.21. The third-order valence-corrected chi connectivity index (χ3v) is 5.38. The molecule has 1 unspecified atom stereocenters. The molecule has 2 aromatic heterocycles. The molecular weight excluding hydrogens is 371 g/mol. The Morgan fingerprint density at radius 2 is 2.07 bits per heavy atom. The van der Waals surface area contributed by atoms with Crippen LogP contribution in [0.3, 0.4) is 0 Å². The lowest BCUT2D eigenvalue weighted by atomic mass is 10.1. The number of fused-ring (bicyclic) bond motifs is 1. The van der Waals surface area contributed by atoms with E-state index >= 15 is 0 Å². The quantitative estimate of drug-likeness (QED) is 0.694. The lowest BCUT2D eigenvalue weighted by Gasteiger charge is -2.29. The van der Waals surface area contributed by atoms with E-state index in [9.17, 15) is 9.18 Å². The number of piperidine rings is 1. The zero-order valence-electron chi connectivity index (χ0n) is 16.6. The summed E-state index contributed by atoms with van der Waals surface area (Å²) in [5, 5.41) is 10.6. The summed E-state index contributed by atoms with van der Waals surface area (Å²) in [6.07, 6.45) is 5.18. The van der Waals surface area contributed by atoms with Crippen molar-refractivity contribution in [2.45, 2.75) is 31.8 Å². The number of nitrogens with zero attached hydrogens (tertiary/aromatic N) is 4. The first-order valence-corrected chi connectivity index (χ1v) is 9.85. The Labute approximate surface area is 168 Å². The van der Waals surface area contributed by atoms with Crippen molar-refractivity contribution in [3.63, 3.8) is 0 Å². The standard InChI is InChI=1S/C21H25FN6O/c1-14(15-4-3-5-16(22)12-15)24-19-8-11-28-20(26-19)18(13-23-28)21(29)25-17-6-9-27(2)10-7-17/h3-5,8,11-14,17H,6-7,9-10H2,1-2H3,(H,24,26)(H,25,29). The fourth-order valence-corrected chi connectivity index (χ4v) is 3.61. The van der Waals surface area contributed by atoms with E-state index in [0.717, 1.165) is 31.5 Å². The smallest absolute Gasteiger partial charge is 0.256 e. The summed E-state index contributed by atoms with van der Waals surface area (Å²) in [5.41, 5.74) is 1.76. The number of anilines is 1. The van der Waals surface area contributed by atoms with E-state index in [1.54, 1.807) is 29.0 Å². The molecule has 1 amide bonds. The van der Waals surface area contributed by atoms with Crippen molar-refractivity contribution < 1.29 is 9.18 Å². The maximum absolute atomic E-state index is 13.5. The number of likely N-dealkylation sites (tertiary alicyclic amines) is 1. The van der Waals surface area contributed by atoms with Crippen LogP contribution in [0.15, 0.2) is 42.7 Å². The van der Waals surface area contributed by atoms with Gasteiger partial charge in [-0.25, -0.2) is 13.9 Å². The van der Waals surface area contributed by atoms with Crippen LogP contribution in [0.1, 0.15) is 41.7 Å². The zero-order valence-corrected chi connectivity index (χ0v) is 16.6. The summed E-state index contributed by atoms with van der Waals surface area (Å²) < 4.78 is 15.1. The molecule has 29 heavy (non-hydrogen) atoms. The van der Waals surface area contributed by atoms with Crippen LogP contribution in [0.5, 0.6) is 0 Å². The zero-order chi connectivity index (χ0) is 20.4. The number of nitrogens with one attached hydrogen (secondary N) is 2. The average Bonchev–Trinajstić information content (AvgIpc) is 3.13. The Morgan fingerprint density at radius 1 is 1.28 bits per heavy atom. The Kier molecular flexibility index (Phi) is 5.44. The molecule has 152 valence electrons. The number of hydrogen-bond acceptors (Lipinski definition) is 5. The predicted octanol–water partition coefficient (Wildman–Crippen LogP) is 2.87. The predicted molar refractivity (Wildman–Crippen MR) is 109 cm³/mol. The van der Waals surface area contributed by atoms with Crippen LogP contribution in [0.2, 0.25) is 0 Å². The van der Waals surface area contributed by atoms with E-state index < -0.39 is 0 Å². The maximum atomic E-state index is 13.5. The molecule has 3 aromatic rings. The van der Waals surface area contributed by atoms with Crippen LogP contribution in [-0.4, -0.2) is 51.6 Å². The largest absolute Gasteiger partial charge is 0.363 e. The molecule has 3 heterocycles. The molecule has 1 aromatic carbocycles. The summed E-state index contributed by atoms with van der Waals surface area (Å²) >= 11 is 0. The van der Waals surface area contributed by atoms with Gasteiger partial charge in [0.15, 0.2) is 5.65 Å². The molecule has 0 bridgehead atoms. The third-order valence-electron chi connectivity index (χ3n) is 5.38. The summed E-state index contributed by atoms with van der Waals surface area (Å²) in [6, 6.07) is 8.27. The van der Waals surface area contributed by atoms with Crippen LogP contribution in [0.25, 0.3) is 5.65 Å². The van der Waals surface area contributed by atoms with Crippen molar-refractivity contribution in [3.8, 4) is 0 Å². The molecule has 4 rings (SSSR count). The third kappa shape index (κ3) is 4.37. The van der Waals surface area contributed by atoms with Gasteiger partial charge < -0.3 is 15.5 Å². The molecule has 2 N–H and O–H groups in total.